The smallest absolute Gasteiger partial charge is 0.397 e. The van der Waals surface area contributed by atoms with Gasteiger partial charge in [-0.25, -0.2) is 0 Å². The van der Waals surface area contributed by atoms with Gasteiger partial charge in [0.2, 0.25) is 12.2 Å². The molecule has 1 fully saturated rings. The van der Waals surface area contributed by atoms with E-state index >= 15 is 0 Å². The third-order valence-electron chi connectivity index (χ3n) is 3.74. The van der Waals surface area contributed by atoms with E-state index < -0.39 is 43.2 Å². The largest absolute Gasteiger partial charge is 0.418 e. The van der Waals surface area contributed by atoms with E-state index in [0.717, 1.165) is 0 Å². The van der Waals surface area contributed by atoms with E-state index in [1.165, 1.54) is 6.92 Å². The van der Waals surface area contributed by atoms with Gasteiger partial charge in [0.05, 0.1) is 6.61 Å². The van der Waals surface area contributed by atoms with Crippen molar-refractivity contribution in [2.75, 3.05) is 6.61 Å². The fraction of sp³-hybridized carbons (Fsp3) is 0.467. The molecule has 0 spiro atoms. The number of carbonyl (C=O) groups is 1. The maximum Gasteiger partial charge on any atom is 0.397 e. The van der Waals surface area contributed by atoms with Crippen molar-refractivity contribution in [3.8, 4) is 6.08 Å². The van der Waals surface area contributed by atoms with Crippen molar-refractivity contribution < 1.29 is 34.0 Å². The van der Waals surface area contributed by atoms with E-state index in [-0.39, 0.29) is 6.08 Å². The highest BCUT2D eigenvalue weighted by Gasteiger charge is 2.46. The minimum absolute atomic E-state index is 0.114. The molecule has 4 N–H and O–H groups in total. The van der Waals surface area contributed by atoms with Gasteiger partial charge < -0.3 is 34.5 Å². The molecule has 0 radical (unpaired) electrons. The number of nitrogens with zero attached hydrogens (tertiary/aromatic N) is 1. The Morgan fingerprint density at radius 1 is 1.33 bits per heavy atom. The number of hydrogen-bond donors (Lipinski definition) is 4. The third-order valence-corrected chi connectivity index (χ3v) is 3.74. The number of para-hydroxylation sites is 2. The highest BCUT2D eigenvalue weighted by molar-refractivity contribution is 5.73. The molecule has 1 saturated heterocycles. The number of amides is 1. The fourth-order valence-corrected chi connectivity index (χ4v) is 2.57. The Morgan fingerprint density at radius 3 is 2.75 bits per heavy atom. The number of carbonyl (C=O) groups excluding carboxylic acids is 1. The highest BCUT2D eigenvalue weighted by atomic mass is 16.7. The number of aliphatic hydroxyl groups excluding tert-OH is 3. The molecule has 5 atom stereocenters. The van der Waals surface area contributed by atoms with Gasteiger partial charge in [0.1, 0.15) is 29.9 Å². The van der Waals surface area contributed by atoms with Crippen LogP contribution in [0.5, 0.6) is 6.08 Å². The van der Waals surface area contributed by atoms with Crippen LogP contribution in [0.15, 0.2) is 28.7 Å². The Bertz CT molecular complexity index is 686. The van der Waals surface area contributed by atoms with Gasteiger partial charge in [-0.15, -0.1) is 0 Å². The average Bonchev–Trinajstić information content (AvgIpc) is 2.96. The molecule has 9 nitrogen and oxygen atoms in total. The average molecular weight is 338 g/mol. The minimum atomic E-state index is -1.39. The Kier molecular flexibility index (Phi) is 4.67. The molecular formula is C15H18N2O7. The van der Waals surface area contributed by atoms with Crippen LogP contribution in [0, 0.1) is 0 Å². The SMILES string of the molecule is CC(=O)N[C@H]1[C@H](Oc2nc3ccccc3o2)O[C@H](CO)[C@@H](O)[C@@H]1O. The van der Waals surface area contributed by atoms with Crippen molar-refractivity contribution in [3.63, 3.8) is 0 Å². The topological polar surface area (TPSA) is 134 Å². The Labute approximate surface area is 136 Å². The number of rotatable bonds is 4. The van der Waals surface area contributed by atoms with Crippen LogP contribution in [0.4, 0.5) is 0 Å². The van der Waals surface area contributed by atoms with Crippen LogP contribution in [0.3, 0.4) is 0 Å². The lowest BCUT2D eigenvalue weighted by atomic mass is 9.97. The van der Waals surface area contributed by atoms with Crippen LogP contribution in [0.25, 0.3) is 11.1 Å². The molecule has 9 heteroatoms. The minimum Gasteiger partial charge on any atom is -0.418 e. The summed E-state index contributed by atoms with van der Waals surface area (Å²) in [6.45, 7) is 0.728. The van der Waals surface area contributed by atoms with E-state index in [4.69, 9.17) is 13.9 Å². The molecule has 1 aliphatic heterocycles. The molecule has 1 amide bonds. The number of aromatic nitrogens is 1. The number of aliphatic hydroxyl groups is 3. The van der Waals surface area contributed by atoms with Crippen molar-refractivity contribution in [2.45, 2.75) is 37.6 Å². The summed E-state index contributed by atoms with van der Waals surface area (Å²) in [5, 5.41) is 31.9. The first-order valence-corrected chi connectivity index (χ1v) is 7.41. The molecule has 1 aliphatic rings. The standard InChI is InChI=1S/C15H18N2O7/c1-7(19)16-11-13(21)12(20)10(6-18)22-14(11)24-15-17-8-4-2-3-5-9(8)23-15/h2-5,10-14,18,20-21H,6H2,1H3,(H,16,19)/t10-,11-,12-,13-,14+/m1/s1. The zero-order valence-electron chi connectivity index (χ0n) is 12.8. The van der Waals surface area contributed by atoms with Crippen molar-refractivity contribution >= 4 is 17.0 Å². The van der Waals surface area contributed by atoms with Crippen molar-refractivity contribution in [1.29, 1.82) is 0 Å². The maximum absolute atomic E-state index is 11.4. The Balaban J connectivity index is 1.84. The van der Waals surface area contributed by atoms with E-state index in [2.05, 4.69) is 10.3 Å². The lowest BCUT2D eigenvalue weighted by Crippen LogP contribution is -2.65. The van der Waals surface area contributed by atoms with E-state index in [0.29, 0.717) is 11.1 Å². The van der Waals surface area contributed by atoms with Gasteiger partial charge in [-0.1, -0.05) is 12.1 Å². The van der Waals surface area contributed by atoms with Crippen molar-refractivity contribution in [1.82, 2.24) is 10.3 Å². The van der Waals surface area contributed by atoms with Crippen LogP contribution in [-0.2, 0) is 9.53 Å². The van der Waals surface area contributed by atoms with Gasteiger partial charge in [0.25, 0.3) is 0 Å². The summed E-state index contributed by atoms with van der Waals surface area (Å²) in [4.78, 5) is 15.5. The quantitative estimate of drug-likeness (QED) is 0.566. The zero-order valence-corrected chi connectivity index (χ0v) is 12.8. The summed E-state index contributed by atoms with van der Waals surface area (Å²) in [5.74, 6) is -0.441. The highest BCUT2D eigenvalue weighted by Crippen LogP contribution is 2.26. The monoisotopic (exact) mass is 338 g/mol. The molecule has 0 aliphatic carbocycles. The number of hydrogen-bond acceptors (Lipinski definition) is 8. The van der Waals surface area contributed by atoms with Gasteiger partial charge >= 0.3 is 6.08 Å². The number of oxazole rings is 1. The summed E-state index contributed by atoms with van der Waals surface area (Å²) < 4.78 is 16.4. The lowest BCUT2D eigenvalue weighted by Gasteiger charge is -2.41. The Hall–Kier alpha value is -2.20. The number of benzene rings is 1. The van der Waals surface area contributed by atoms with E-state index in [9.17, 15) is 20.1 Å². The van der Waals surface area contributed by atoms with Crippen LogP contribution >= 0.6 is 0 Å². The molecule has 0 saturated carbocycles. The molecule has 3 rings (SSSR count). The molecule has 130 valence electrons. The predicted octanol–water partition coefficient (Wildman–Crippen LogP) is -0.850. The molecular weight excluding hydrogens is 320 g/mol. The second kappa shape index (κ2) is 6.73. The molecule has 0 unspecified atom stereocenters. The number of fused-ring (bicyclic) bond motifs is 1. The van der Waals surface area contributed by atoms with Gasteiger partial charge in [0, 0.05) is 6.92 Å². The van der Waals surface area contributed by atoms with Gasteiger partial charge in [-0.2, -0.15) is 4.98 Å². The fourth-order valence-electron chi connectivity index (χ4n) is 2.57. The van der Waals surface area contributed by atoms with Crippen LogP contribution in [0.2, 0.25) is 0 Å². The van der Waals surface area contributed by atoms with Gasteiger partial charge in [-0.05, 0) is 12.1 Å². The molecule has 2 heterocycles. The van der Waals surface area contributed by atoms with Crippen molar-refractivity contribution in [2.24, 2.45) is 0 Å². The van der Waals surface area contributed by atoms with Crippen LogP contribution in [0.1, 0.15) is 6.92 Å². The molecule has 24 heavy (non-hydrogen) atoms. The summed E-state index contributed by atoms with van der Waals surface area (Å²) in [6, 6.07) is 5.94. The van der Waals surface area contributed by atoms with Crippen LogP contribution < -0.4 is 10.1 Å². The van der Waals surface area contributed by atoms with Gasteiger partial charge in [-0.3, -0.25) is 4.79 Å². The second-order valence-corrected chi connectivity index (χ2v) is 5.50. The van der Waals surface area contributed by atoms with E-state index in [1.54, 1.807) is 24.3 Å². The first-order valence-electron chi connectivity index (χ1n) is 7.41. The summed E-state index contributed by atoms with van der Waals surface area (Å²) in [6.07, 6.45) is -5.15. The number of nitrogens with one attached hydrogen (secondary N) is 1. The lowest BCUT2D eigenvalue weighted by molar-refractivity contribution is -0.248. The summed E-state index contributed by atoms with van der Waals surface area (Å²) in [5.41, 5.74) is 1.07. The normalized spacial score (nSPS) is 30.2. The maximum atomic E-state index is 11.4. The molecule has 2 aromatic rings. The summed E-state index contributed by atoms with van der Waals surface area (Å²) in [7, 11) is 0. The van der Waals surface area contributed by atoms with Crippen LogP contribution in [-0.4, -0.2) is 63.5 Å². The predicted molar refractivity (Wildman–Crippen MR) is 80.0 cm³/mol. The van der Waals surface area contributed by atoms with Crippen molar-refractivity contribution in [3.05, 3.63) is 24.3 Å². The number of ether oxygens (including phenoxy) is 2. The zero-order chi connectivity index (χ0) is 17.3. The third kappa shape index (κ3) is 3.20. The Morgan fingerprint density at radius 2 is 2.08 bits per heavy atom. The van der Waals surface area contributed by atoms with Gasteiger partial charge in [0.15, 0.2) is 5.58 Å². The summed E-state index contributed by atoms with van der Waals surface area (Å²) >= 11 is 0. The molecule has 1 aromatic heterocycles. The molecule has 0 bridgehead atoms. The first kappa shape index (κ1) is 16.7. The second-order valence-electron chi connectivity index (χ2n) is 5.50. The first-order chi connectivity index (χ1) is 11.5. The molecule has 1 aromatic carbocycles. The van der Waals surface area contributed by atoms with E-state index in [1.807, 2.05) is 0 Å².